The van der Waals surface area contributed by atoms with Crippen LogP contribution >= 0.6 is 0 Å². The second-order valence-electron chi connectivity index (χ2n) is 5.65. The zero-order chi connectivity index (χ0) is 15.3. The molecule has 0 radical (unpaired) electrons. The van der Waals surface area contributed by atoms with Crippen molar-refractivity contribution in [3.63, 3.8) is 0 Å². The third-order valence-corrected chi connectivity index (χ3v) is 7.87. The Kier molecular flexibility index (Phi) is 6.62. The number of ether oxygens (including phenoxy) is 2. The van der Waals surface area contributed by atoms with Gasteiger partial charge in [0.15, 0.2) is 0 Å². The minimum absolute atomic E-state index is 0.133. The third-order valence-electron chi connectivity index (χ3n) is 4.27. The van der Waals surface area contributed by atoms with E-state index in [9.17, 15) is 0 Å². The normalized spacial score (nSPS) is 21.3. The zero-order valence-electron chi connectivity index (χ0n) is 13.8. The van der Waals surface area contributed by atoms with Crippen molar-refractivity contribution in [2.24, 2.45) is 5.41 Å². The quantitative estimate of drug-likeness (QED) is 0.580. The van der Waals surface area contributed by atoms with Gasteiger partial charge in [-0.2, -0.15) is 0 Å². The van der Waals surface area contributed by atoms with Gasteiger partial charge >= 0.3 is 8.80 Å². The lowest BCUT2D eigenvalue weighted by molar-refractivity contribution is -0.225. The molecule has 0 aromatic rings. The number of rotatable bonds is 10. The molecule has 1 atom stereocenters. The SMILES string of the molecule is CCCOC(CCC)(C1(C)COC1)[Si](OC)(OC)OC. The Labute approximate surface area is 124 Å². The molecule has 1 heterocycles. The Morgan fingerprint density at radius 1 is 1.05 bits per heavy atom. The molecule has 120 valence electrons. The average Bonchev–Trinajstić information content (AvgIpc) is 2.44. The van der Waals surface area contributed by atoms with Crippen LogP contribution in [-0.2, 0) is 22.8 Å². The van der Waals surface area contributed by atoms with E-state index in [1.807, 2.05) is 0 Å². The highest BCUT2D eigenvalue weighted by molar-refractivity contribution is 6.64. The molecule has 0 N–H and O–H groups in total. The largest absolute Gasteiger partial charge is 0.534 e. The molecule has 0 spiro atoms. The molecule has 1 rings (SSSR count). The standard InChI is InChI=1S/C14H30O5Si/c1-7-9-14(19-10-8-2,13(3)11-18-12-13)20(15-4,16-5)17-6/h7-12H2,1-6H3. The summed E-state index contributed by atoms with van der Waals surface area (Å²) >= 11 is 0. The van der Waals surface area contributed by atoms with Crippen LogP contribution in [0.3, 0.4) is 0 Å². The van der Waals surface area contributed by atoms with E-state index in [2.05, 4.69) is 20.8 Å². The van der Waals surface area contributed by atoms with Gasteiger partial charge in [0.25, 0.3) is 0 Å². The second-order valence-corrected chi connectivity index (χ2v) is 8.79. The lowest BCUT2D eigenvalue weighted by Crippen LogP contribution is -2.75. The van der Waals surface area contributed by atoms with Crippen molar-refractivity contribution in [2.75, 3.05) is 41.2 Å². The lowest BCUT2D eigenvalue weighted by atomic mass is 9.79. The summed E-state index contributed by atoms with van der Waals surface area (Å²) in [6, 6.07) is 0. The predicted molar refractivity (Wildman–Crippen MR) is 79.6 cm³/mol. The van der Waals surface area contributed by atoms with E-state index in [1.165, 1.54) is 0 Å². The first-order chi connectivity index (χ1) is 9.51. The van der Waals surface area contributed by atoms with Crippen LogP contribution < -0.4 is 0 Å². The maximum Gasteiger partial charge on any atom is 0.534 e. The fourth-order valence-corrected chi connectivity index (χ4v) is 6.38. The maximum absolute atomic E-state index is 6.37. The summed E-state index contributed by atoms with van der Waals surface area (Å²) < 4.78 is 29.2. The van der Waals surface area contributed by atoms with Gasteiger partial charge in [-0.1, -0.05) is 27.2 Å². The molecule has 0 bridgehead atoms. The van der Waals surface area contributed by atoms with E-state index in [1.54, 1.807) is 21.3 Å². The molecular formula is C14H30O5Si. The highest BCUT2D eigenvalue weighted by Gasteiger charge is 2.71. The van der Waals surface area contributed by atoms with Gasteiger partial charge in [-0.25, -0.2) is 0 Å². The summed E-state index contributed by atoms with van der Waals surface area (Å²) in [5.74, 6) is 0. The van der Waals surface area contributed by atoms with E-state index in [0.717, 1.165) is 19.3 Å². The molecule has 1 fully saturated rings. The van der Waals surface area contributed by atoms with Gasteiger partial charge in [0.05, 0.1) is 13.2 Å². The van der Waals surface area contributed by atoms with Crippen molar-refractivity contribution in [3.8, 4) is 0 Å². The van der Waals surface area contributed by atoms with Crippen molar-refractivity contribution < 1.29 is 22.8 Å². The summed E-state index contributed by atoms with van der Waals surface area (Å²) in [6.07, 6.45) is 2.77. The molecule has 1 aliphatic rings. The molecule has 20 heavy (non-hydrogen) atoms. The molecule has 1 unspecified atom stereocenters. The second kappa shape index (κ2) is 7.33. The molecule has 0 aliphatic carbocycles. The Hall–Kier alpha value is 0.0169. The molecule has 1 saturated heterocycles. The molecule has 0 amide bonds. The van der Waals surface area contributed by atoms with Gasteiger partial charge in [-0.05, 0) is 12.8 Å². The van der Waals surface area contributed by atoms with Gasteiger partial charge < -0.3 is 22.8 Å². The topological polar surface area (TPSA) is 46.2 Å². The minimum Gasteiger partial charge on any atom is -0.380 e. The summed E-state index contributed by atoms with van der Waals surface area (Å²) in [4.78, 5) is 0. The highest BCUT2D eigenvalue weighted by atomic mass is 28.4. The van der Waals surface area contributed by atoms with Crippen molar-refractivity contribution in [1.82, 2.24) is 0 Å². The molecular weight excluding hydrogens is 276 g/mol. The van der Waals surface area contributed by atoms with Crippen LogP contribution in [0.5, 0.6) is 0 Å². The van der Waals surface area contributed by atoms with Crippen LogP contribution in [-0.4, -0.2) is 55.2 Å². The van der Waals surface area contributed by atoms with E-state index >= 15 is 0 Å². The first kappa shape index (κ1) is 18.1. The van der Waals surface area contributed by atoms with Crippen molar-refractivity contribution in [3.05, 3.63) is 0 Å². The van der Waals surface area contributed by atoms with E-state index < -0.39 is 14.0 Å². The van der Waals surface area contributed by atoms with E-state index in [0.29, 0.717) is 19.8 Å². The lowest BCUT2D eigenvalue weighted by Gasteiger charge is -2.56. The fraction of sp³-hybridized carbons (Fsp3) is 1.00. The Balaban J connectivity index is 3.26. The van der Waals surface area contributed by atoms with Crippen molar-refractivity contribution in [1.29, 1.82) is 0 Å². The molecule has 0 saturated carbocycles. The number of hydrogen-bond donors (Lipinski definition) is 0. The summed E-state index contributed by atoms with van der Waals surface area (Å²) in [5.41, 5.74) is -0.133. The van der Waals surface area contributed by atoms with Gasteiger partial charge in [0, 0.05) is 33.4 Å². The predicted octanol–water partition coefficient (Wildman–Crippen LogP) is 2.41. The van der Waals surface area contributed by atoms with Crippen molar-refractivity contribution in [2.45, 2.75) is 45.3 Å². The molecule has 0 aromatic carbocycles. The summed E-state index contributed by atoms with van der Waals surface area (Å²) in [6.45, 7) is 8.41. The van der Waals surface area contributed by atoms with Crippen LogP contribution in [0.2, 0.25) is 0 Å². The average molecular weight is 306 g/mol. The maximum atomic E-state index is 6.37. The molecule has 6 heteroatoms. The van der Waals surface area contributed by atoms with Gasteiger partial charge in [0.2, 0.25) is 0 Å². The van der Waals surface area contributed by atoms with Crippen LogP contribution in [0.4, 0.5) is 0 Å². The van der Waals surface area contributed by atoms with Crippen LogP contribution in [0.1, 0.15) is 40.0 Å². The van der Waals surface area contributed by atoms with Gasteiger partial charge in [-0.15, -0.1) is 0 Å². The van der Waals surface area contributed by atoms with E-state index in [-0.39, 0.29) is 5.41 Å². The number of hydrogen-bond acceptors (Lipinski definition) is 5. The Bertz CT molecular complexity index is 283. The van der Waals surface area contributed by atoms with Crippen molar-refractivity contribution >= 4 is 8.80 Å². The van der Waals surface area contributed by atoms with E-state index in [4.69, 9.17) is 22.8 Å². The minimum atomic E-state index is -2.96. The van der Waals surface area contributed by atoms with Gasteiger partial charge in [-0.3, -0.25) is 0 Å². The fourth-order valence-electron chi connectivity index (χ4n) is 3.17. The Morgan fingerprint density at radius 2 is 1.60 bits per heavy atom. The molecule has 0 aromatic heterocycles. The summed E-state index contributed by atoms with van der Waals surface area (Å²) in [7, 11) is 2.00. The smallest absolute Gasteiger partial charge is 0.380 e. The first-order valence-corrected chi connectivity index (χ1v) is 9.11. The first-order valence-electron chi connectivity index (χ1n) is 7.38. The molecule has 1 aliphatic heterocycles. The third kappa shape index (κ3) is 2.69. The van der Waals surface area contributed by atoms with Gasteiger partial charge in [0.1, 0.15) is 5.22 Å². The Morgan fingerprint density at radius 3 is 1.90 bits per heavy atom. The van der Waals surface area contributed by atoms with Crippen LogP contribution in [0.25, 0.3) is 0 Å². The highest BCUT2D eigenvalue weighted by Crippen LogP contribution is 2.50. The zero-order valence-corrected chi connectivity index (χ0v) is 14.8. The monoisotopic (exact) mass is 306 g/mol. The summed E-state index contributed by atoms with van der Waals surface area (Å²) in [5, 5.41) is -0.554. The van der Waals surface area contributed by atoms with Crippen LogP contribution in [0.15, 0.2) is 0 Å². The van der Waals surface area contributed by atoms with Crippen LogP contribution in [0, 0.1) is 5.41 Å². The molecule has 5 nitrogen and oxygen atoms in total.